The minimum absolute atomic E-state index is 0.167. The van der Waals surface area contributed by atoms with Gasteiger partial charge in [-0.25, -0.2) is 10.5 Å². The third kappa shape index (κ3) is 7.38. The maximum Gasteiger partial charge on any atom is 0.256 e. The molecule has 43 heavy (non-hydrogen) atoms. The van der Waals surface area contributed by atoms with Gasteiger partial charge in [-0.2, -0.15) is 5.21 Å². The molecule has 1 unspecified atom stereocenters. The number of carbonyl (C=O) groups is 2. The summed E-state index contributed by atoms with van der Waals surface area (Å²) in [5.41, 5.74) is 7.21. The van der Waals surface area contributed by atoms with E-state index in [9.17, 15) is 14.8 Å². The fourth-order valence-corrected chi connectivity index (χ4v) is 4.99. The molecule has 0 radical (unpaired) electrons. The lowest BCUT2D eigenvalue weighted by molar-refractivity contribution is -0.140. The van der Waals surface area contributed by atoms with Crippen LogP contribution in [0.5, 0.6) is 0 Å². The number of benzene rings is 3. The van der Waals surface area contributed by atoms with Crippen molar-refractivity contribution in [3.63, 3.8) is 0 Å². The summed E-state index contributed by atoms with van der Waals surface area (Å²) < 4.78 is 2.11. The first-order chi connectivity index (χ1) is 21.1. The molecule has 4 N–H and O–H groups in total. The van der Waals surface area contributed by atoms with Gasteiger partial charge in [-0.3, -0.25) is 14.8 Å². The van der Waals surface area contributed by atoms with Crippen LogP contribution in [-0.2, 0) is 35.5 Å². The summed E-state index contributed by atoms with van der Waals surface area (Å²) >= 11 is 0. The number of aromatic amines is 1. The van der Waals surface area contributed by atoms with Gasteiger partial charge in [0.2, 0.25) is 11.7 Å². The molecule has 0 saturated carbocycles. The number of aromatic nitrogens is 6. The van der Waals surface area contributed by atoms with Gasteiger partial charge < -0.3 is 9.88 Å². The number of tetrazole rings is 1. The number of unbranched alkanes of at least 4 members (excludes halogenated alkanes) is 1. The van der Waals surface area contributed by atoms with Gasteiger partial charge in [-0.05, 0) is 40.3 Å². The number of H-pyrrole nitrogens is 1. The van der Waals surface area contributed by atoms with Crippen molar-refractivity contribution in [2.24, 2.45) is 5.92 Å². The Labute approximate surface area is 249 Å². The second-order valence-electron chi connectivity index (χ2n) is 10.3. The van der Waals surface area contributed by atoms with Crippen LogP contribution in [0.25, 0.3) is 22.5 Å². The van der Waals surface area contributed by atoms with E-state index in [1.807, 2.05) is 60.8 Å². The maximum absolute atomic E-state index is 13.0. The van der Waals surface area contributed by atoms with Crippen molar-refractivity contribution in [3.05, 3.63) is 108 Å². The number of hydrogen-bond donors (Lipinski definition) is 4. The molecule has 5 rings (SSSR count). The fraction of sp³-hybridized carbons (Fsp3) is 0.250. The highest BCUT2D eigenvalue weighted by molar-refractivity contribution is 6.00. The number of amides is 2. The summed E-state index contributed by atoms with van der Waals surface area (Å²) in [5.74, 6) is -0.818. The van der Waals surface area contributed by atoms with Crippen LogP contribution in [0.3, 0.4) is 0 Å². The number of aryl methyl sites for hydroxylation is 1. The van der Waals surface area contributed by atoms with Crippen LogP contribution in [0.2, 0.25) is 0 Å². The van der Waals surface area contributed by atoms with Gasteiger partial charge in [-0.15, -0.1) is 10.2 Å². The summed E-state index contributed by atoms with van der Waals surface area (Å²) in [6, 6.07) is 25.5. The molecule has 0 saturated heterocycles. The van der Waals surface area contributed by atoms with Gasteiger partial charge in [0.05, 0.1) is 12.2 Å². The van der Waals surface area contributed by atoms with Crippen LogP contribution in [0.1, 0.15) is 42.4 Å². The highest BCUT2D eigenvalue weighted by atomic mass is 16.5. The van der Waals surface area contributed by atoms with Gasteiger partial charge >= 0.3 is 0 Å². The number of nitrogens with one attached hydrogen (secondary N) is 3. The molecule has 5 aromatic rings. The molecule has 0 aliphatic carbocycles. The summed E-state index contributed by atoms with van der Waals surface area (Å²) in [6.45, 7) is 2.93. The van der Waals surface area contributed by atoms with Crippen molar-refractivity contribution in [2.75, 3.05) is 0 Å². The number of hydroxylamine groups is 1. The monoisotopic (exact) mass is 578 g/mol. The van der Waals surface area contributed by atoms with Gasteiger partial charge in [0.15, 0.2) is 0 Å². The van der Waals surface area contributed by atoms with Crippen molar-refractivity contribution in [1.82, 2.24) is 41.0 Å². The Hall–Kier alpha value is -5.16. The largest absolute Gasteiger partial charge is 0.350 e. The van der Waals surface area contributed by atoms with Gasteiger partial charge in [0.25, 0.3) is 5.91 Å². The van der Waals surface area contributed by atoms with Crippen LogP contribution in [0, 0.1) is 5.92 Å². The minimum atomic E-state index is -1.07. The number of rotatable bonds is 13. The molecule has 11 heteroatoms. The van der Waals surface area contributed by atoms with Crippen LogP contribution in [-0.4, -0.2) is 47.2 Å². The first kappa shape index (κ1) is 29.3. The zero-order chi connectivity index (χ0) is 30.0. The third-order valence-corrected chi connectivity index (χ3v) is 7.26. The predicted octanol–water partition coefficient (Wildman–Crippen LogP) is 4.10. The number of nitrogens with zero attached hydrogens (tertiary/aromatic N) is 5. The molecule has 3 aromatic carbocycles. The lowest BCUT2D eigenvalue weighted by atomic mass is 9.98. The third-order valence-electron chi connectivity index (χ3n) is 7.26. The molecular weight excluding hydrogens is 544 g/mol. The molecule has 1 atom stereocenters. The Balaban J connectivity index is 1.29. The van der Waals surface area contributed by atoms with Crippen LogP contribution < -0.4 is 10.8 Å². The molecule has 0 fully saturated rings. The second kappa shape index (κ2) is 14.1. The van der Waals surface area contributed by atoms with E-state index in [1.165, 1.54) is 0 Å². The van der Waals surface area contributed by atoms with E-state index in [-0.39, 0.29) is 13.0 Å². The van der Waals surface area contributed by atoms with Crippen LogP contribution in [0.4, 0.5) is 0 Å². The van der Waals surface area contributed by atoms with E-state index >= 15 is 0 Å². The van der Waals surface area contributed by atoms with Crippen molar-refractivity contribution in [3.8, 4) is 22.5 Å². The number of carbonyl (C=O) groups excluding carboxylic acids is 2. The van der Waals surface area contributed by atoms with Crippen molar-refractivity contribution >= 4 is 11.8 Å². The standard InChI is InChI=1S/C32H34N8O3/c1-2-3-13-29-34-25(19-33-31(41)28(32(42)37-43)18-22-9-5-4-6-10-22)21-40(29)20-23-14-16-24(17-15-23)26-11-7-8-12-27(26)30-35-38-39-36-30/h4-12,14-17,21,28,43H,2-3,13,18-20H2,1H3,(H,33,41)(H,37,42)(H,35,36,38,39). The SMILES string of the molecule is CCCCc1nc(CNC(=O)C(Cc2ccccc2)C(=O)NO)cn1Cc1ccc(-c2ccccc2-c2nn[nH]n2)cc1. The summed E-state index contributed by atoms with van der Waals surface area (Å²) in [6.07, 6.45) is 4.95. The van der Waals surface area contributed by atoms with Gasteiger partial charge in [-0.1, -0.05) is 92.2 Å². The first-order valence-corrected chi connectivity index (χ1v) is 14.3. The number of hydrogen-bond acceptors (Lipinski definition) is 7. The summed E-state index contributed by atoms with van der Waals surface area (Å²) in [5, 5.41) is 26.5. The topological polar surface area (TPSA) is 151 Å². The van der Waals surface area contributed by atoms with Crippen LogP contribution >= 0.6 is 0 Å². The van der Waals surface area contributed by atoms with E-state index < -0.39 is 17.7 Å². The summed E-state index contributed by atoms with van der Waals surface area (Å²) in [7, 11) is 0. The maximum atomic E-state index is 13.0. The lowest BCUT2D eigenvalue weighted by Gasteiger charge is -2.14. The number of imidazole rings is 1. The average molecular weight is 579 g/mol. The van der Waals surface area contributed by atoms with E-state index in [1.54, 1.807) is 5.48 Å². The van der Waals surface area contributed by atoms with Crippen LogP contribution in [0.15, 0.2) is 85.1 Å². The van der Waals surface area contributed by atoms with Crippen molar-refractivity contribution < 1.29 is 14.8 Å². The second-order valence-corrected chi connectivity index (χ2v) is 10.3. The predicted molar refractivity (Wildman–Crippen MR) is 160 cm³/mol. The Bertz CT molecular complexity index is 1630. The van der Waals surface area contributed by atoms with Crippen molar-refractivity contribution in [2.45, 2.75) is 45.7 Å². The van der Waals surface area contributed by atoms with Crippen molar-refractivity contribution in [1.29, 1.82) is 0 Å². The average Bonchev–Trinajstić information content (AvgIpc) is 3.72. The molecule has 0 aliphatic rings. The summed E-state index contributed by atoms with van der Waals surface area (Å²) in [4.78, 5) is 30.1. The molecule has 2 heterocycles. The Kier molecular flexibility index (Phi) is 9.65. The molecule has 0 bridgehead atoms. The zero-order valence-electron chi connectivity index (χ0n) is 23.9. The Morgan fingerprint density at radius 2 is 1.67 bits per heavy atom. The van der Waals surface area contributed by atoms with Gasteiger partial charge in [0, 0.05) is 24.7 Å². The minimum Gasteiger partial charge on any atom is -0.350 e. The molecule has 0 aliphatic heterocycles. The molecular formula is C32H34N8O3. The quantitative estimate of drug-likeness (QED) is 0.0933. The molecule has 2 aromatic heterocycles. The Morgan fingerprint density at radius 1 is 0.930 bits per heavy atom. The Morgan fingerprint density at radius 3 is 2.37 bits per heavy atom. The fourth-order valence-electron chi connectivity index (χ4n) is 4.99. The molecule has 2 amide bonds. The van der Waals surface area contributed by atoms with E-state index in [4.69, 9.17) is 4.98 Å². The highest BCUT2D eigenvalue weighted by Crippen LogP contribution is 2.30. The normalized spacial score (nSPS) is 11.7. The highest BCUT2D eigenvalue weighted by Gasteiger charge is 2.27. The van der Waals surface area contributed by atoms with Gasteiger partial charge in [0.1, 0.15) is 11.7 Å². The smallest absolute Gasteiger partial charge is 0.256 e. The molecule has 0 spiro atoms. The first-order valence-electron chi connectivity index (χ1n) is 14.3. The van der Waals surface area contributed by atoms with E-state index in [0.29, 0.717) is 18.1 Å². The molecule has 220 valence electrons. The van der Waals surface area contributed by atoms with E-state index in [2.05, 4.69) is 61.7 Å². The molecule has 11 nitrogen and oxygen atoms in total. The van der Waals surface area contributed by atoms with E-state index in [0.717, 1.165) is 52.9 Å². The lowest BCUT2D eigenvalue weighted by Crippen LogP contribution is -2.41. The zero-order valence-corrected chi connectivity index (χ0v) is 23.9.